The number of rotatable bonds is 8. The number of unbranched alkanes of at least 4 members (excludes halogenated alkanes) is 1. The van der Waals surface area contributed by atoms with Gasteiger partial charge in [-0.1, -0.05) is 24.9 Å². The number of nitrogens with one attached hydrogen (secondary N) is 1. The molecule has 0 aromatic heterocycles. The molecule has 2 aromatic carbocycles. The molecule has 122 valence electrons. The summed E-state index contributed by atoms with van der Waals surface area (Å²) in [5.41, 5.74) is 4.72. The Kier molecular flexibility index (Phi) is 6.76. The van der Waals surface area contributed by atoms with E-state index in [1.165, 1.54) is 0 Å². The fraction of sp³-hybridized carbons (Fsp3) is 0.278. The van der Waals surface area contributed by atoms with E-state index in [0.29, 0.717) is 10.8 Å². The molecule has 2 aromatic rings. The first kappa shape index (κ1) is 17.2. The first-order chi connectivity index (χ1) is 11.2. The van der Waals surface area contributed by atoms with E-state index < -0.39 is 0 Å². The van der Waals surface area contributed by atoms with Crippen molar-refractivity contribution in [1.82, 2.24) is 0 Å². The Morgan fingerprint density at radius 1 is 1.17 bits per heavy atom. The minimum Gasteiger partial charge on any atom is -0.495 e. The zero-order chi connectivity index (χ0) is 16.5. The Balaban J connectivity index is 1.89. The summed E-state index contributed by atoms with van der Waals surface area (Å²) in [7, 11) is 1.59. The van der Waals surface area contributed by atoms with Crippen LogP contribution in [-0.2, 0) is 0 Å². The molecule has 23 heavy (non-hydrogen) atoms. The number of ether oxygens (including phenoxy) is 2. The number of nitrogens with zero attached hydrogens (tertiary/aromatic N) is 1. The fourth-order valence-corrected chi connectivity index (χ4v) is 2.16. The molecule has 0 atom stereocenters. The Labute approximate surface area is 142 Å². The third-order valence-electron chi connectivity index (χ3n) is 3.21. The summed E-state index contributed by atoms with van der Waals surface area (Å²) >= 11 is 6.06. The van der Waals surface area contributed by atoms with Crippen LogP contribution in [0.25, 0.3) is 0 Å². The van der Waals surface area contributed by atoms with Crippen molar-refractivity contribution in [2.45, 2.75) is 19.8 Å². The Morgan fingerprint density at radius 2 is 1.96 bits per heavy atom. The first-order valence-electron chi connectivity index (χ1n) is 7.58. The quantitative estimate of drug-likeness (QED) is 0.421. The summed E-state index contributed by atoms with van der Waals surface area (Å²) in [6.07, 6.45) is 3.94. The van der Waals surface area contributed by atoms with Crippen molar-refractivity contribution in [3.8, 4) is 11.5 Å². The van der Waals surface area contributed by atoms with Gasteiger partial charge in [-0.05, 0) is 54.4 Å². The maximum Gasteiger partial charge on any atom is 0.137 e. The van der Waals surface area contributed by atoms with Crippen LogP contribution in [-0.4, -0.2) is 19.9 Å². The number of anilines is 1. The van der Waals surface area contributed by atoms with Crippen LogP contribution in [0.2, 0.25) is 5.02 Å². The molecule has 0 saturated carbocycles. The first-order valence-corrected chi connectivity index (χ1v) is 7.96. The van der Waals surface area contributed by atoms with Gasteiger partial charge in [-0.25, -0.2) is 0 Å². The highest BCUT2D eigenvalue weighted by molar-refractivity contribution is 6.32. The second kappa shape index (κ2) is 9.06. The topological polar surface area (TPSA) is 42.8 Å². The average molecular weight is 333 g/mol. The lowest BCUT2D eigenvalue weighted by Gasteiger charge is -2.06. The highest BCUT2D eigenvalue weighted by atomic mass is 35.5. The SMILES string of the molecule is CCCCOc1ccc(/C=N/Nc2ccc(OC)c(Cl)c2)cc1. The van der Waals surface area contributed by atoms with E-state index in [0.717, 1.165) is 36.4 Å². The Morgan fingerprint density at radius 3 is 2.61 bits per heavy atom. The van der Waals surface area contributed by atoms with Gasteiger partial charge in [-0.2, -0.15) is 5.10 Å². The van der Waals surface area contributed by atoms with Gasteiger partial charge in [0.05, 0.1) is 30.6 Å². The summed E-state index contributed by atoms with van der Waals surface area (Å²) in [6, 6.07) is 13.2. The molecule has 0 heterocycles. The highest BCUT2D eigenvalue weighted by Crippen LogP contribution is 2.27. The zero-order valence-electron chi connectivity index (χ0n) is 13.4. The third kappa shape index (κ3) is 5.49. The second-order valence-electron chi connectivity index (χ2n) is 4.99. The van der Waals surface area contributed by atoms with Crippen molar-refractivity contribution in [3.63, 3.8) is 0 Å². The number of halogens is 1. The van der Waals surface area contributed by atoms with E-state index >= 15 is 0 Å². The lowest BCUT2D eigenvalue weighted by molar-refractivity contribution is 0.309. The van der Waals surface area contributed by atoms with Gasteiger partial charge >= 0.3 is 0 Å². The van der Waals surface area contributed by atoms with E-state index in [4.69, 9.17) is 21.1 Å². The molecule has 0 bridgehead atoms. The van der Waals surface area contributed by atoms with E-state index in [9.17, 15) is 0 Å². The van der Waals surface area contributed by atoms with Crippen LogP contribution in [0.1, 0.15) is 25.3 Å². The van der Waals surface area contributed by atoms with Crippen molar-refractivity contribution in [3.05, 3.63) is 53.1 Å². The minimum absolute atomic E-state index is 0.543. The molecule has 4 nitrogen and oxygen atoms in total. The maximum absolute atomic E-state index is 6.06. The highest BCUT2D eigenvalue weighted by Gasteiger charge is 2.00. The lowest BCUT2D eigenvalue weighted by atomic mass is 10.2. The van der Waals surface area contributed by atoms with Gasteiger partial charge in [-0.15, -0.1) is 0 Å². The van der Waals surface area contributed by atoms with Gasteiger partial charge in [0, 0.05) is 0 Å². The molecule has 0 aliphatic carbocycles. The number of hydrogen-bond acceptors (Lipinski definition) is 4. The summed E-state index contributed by atoms with van der Waals surface area (Å²) in [6.45, 7) is 2.90. The molecule has 0 aliphatic heterocycles. The molecule has 2 rings (SSSR count). The molecule has 0 aliphatic rings. The van der Waals surface area contributed by atoms with Crippen LogP contribution in [0.15, 0.2) is 47.6 Å². The molecular weight excluding hydrogens is 312 g/mol. The Bertz CT molecular complexity index is 642. The minimum atomic E-state index is 0.543. The predicted molar refractivity (Wildman–Crippen MR) is 96.1 cm³/mol. The fourth-order valence-electron chi connectivity index (χ4n) is 1.90. The molecule has 0 amide bonds. The van der Waals surface area contributed by atoms with Gasteiger partial charge in [0.15, 0.2) is 0 Å². The summed E-state index contributed by atoms with van der Waals surface area (Å²) in [5, 5.41) is 4.74. The van der Waals surface area contributed by atoms with Gasteiger partial charge in [0.2, 0.25) is 0 Å². The molecule has 1 N–H and O–H groups in total. The van der Waals surface area contributed by atoms with Gasteiger partial charge in [-0.3, -0.25) is 5.43 Å². The summed E-state index contributed by atoms with van der Waals surface area (Å²) in [4.78, 5) is 0. The van der Waals surface area contributed by atoms with Crippen molar-refractivity contribution in [2.75, 3.05) is 19.1 Å². The Hall–Kier alpha value is -2.20. The van der Waals surface area contributed by atoms with Crippen molar-refractivity contribution >= 4 is 23.5 Å². The largest absolute Gasteiger partial charge is 0.495 e. The van der Waals surface area contributed by atoms with Crippen LogP contribution in [0, 0.1) is 0 Å². The van der Waals surface area contributed by atoms with Crippen LogP contribution in [0.4, 0.5) is 5.69 Å². The van der Waals surface area contributed by atoms with E-state index in [-0.39, 0.29) is 0 Å². The van der Waals surface area contributed by atoms with Crippen molar-refractivity contribution in [1.29, 1.82) is 0 Å². The number of methoxy groups -OCH3 is 1. The number of hydrazone groups is 1. The van der Waals surface area contributed by atoms with E-state index in [1.807, 2.05) is 30.3 Å². The number of benzene rings is 2. The van der Waals surface area contributed by atoms with Gasteiger partial charge in [0.25, 0.3) is 0 Å². The van der Waals surface area contributed by atoms with Crippen LogP contribution >= 0.6 is 11.6 Å². The molecule has 0 unspecified atom stereocenters. The van der Waals surface area contributed by atoms with Crippen molar-refractivity contribution < 1.29 is 9.47 Å². The number of hydrogen-bond donors (Lipinski definition) is 1. The normalized spacial score (nSPS) is 10.7. The maximum atomic E-state index is 6.06. The lowest BCUT2D eigenvalue weighted by Crippen LogP contribution is -1.96. The standard InChI is InChI=1S/C18H21ClN2O2/c1-3-4-11-23-16-8-5-14(6-9-16)13-20-21-15-7-10-18(22-2)17(19)12-15/h5-10,12-13,21H,3-4,11H2,1-2H3/b20-13+. The molecular formula is C18H21ClN2O2. The molecule has 0 fully saturated rings. The average Bonchev–Trinajstić information content (AvgIpc) is 2.57. The smallest absolute Gasteiger partial charge is 0.137 e. The zero-order valence-corrected chi connectivity index (χ0v) is 14.1. The van der Waals surface area contributed by atoms with Crippen LogP contribution < -0.4 is 14.9 Å². The van der Waals surface area contributed by atoms with Gasteiger partial charge < -0.3 is 9.47 Å². The second-order valence-corrected chi connectivity index (χ2v) is 5.40. The molecule has 5 heteroatoms. The molecule has 0 saturated heterocycles. The predicted octanol–water partition coefficient (Wildman–Crippen LogP) is 4.97. The molecule has 0 radical (unpaired) electrons. The third-order valence-corrected chi connectivity index (χ3v) is 3.50. The van der Waals surface area contributed by atoms with Crippen LogP contribution in [0.5, 0.6) is 11.5 Å². The van der Waals surface area contributed by atoms with Crippen molar-refractivity contribution in [2.24, 2.45) is 5.10 Å². The van der Waals surface area contributed by atoms with Gasteiger partial charge in [0.1, 0.15) is 11.5 Å². The van der Waals surface area contributed by atoms with Crippen LogP contribution in [0.3, 0.4) is 0 Å². The molecule has 0 spiro atoms. The van der Waals surface area contributed by atoms with E-state index in [1.54, 1.807) is 25.5 Å². The summed E-state index contributed by atoms with van der Waals surface area (Å²) < 4.78 is 10.7. The monoisotopic (exact) mass is 332 g/mol. The van der Waals surface area contributed by atoms with E-state index in [2.05, 4.69) is 17.5 Å². The summed E-state index contributed by atoms with van der Waals surface area (Å²) in [5.74, 6) is 1.52.